The predicted octanol–water partition coefficient (Wildman–Crippen LogP) is 8.66. The fourth-order valence-electron chi connectivity index (χ4n) is 9.08. The van der Waals surface area contributed by atoms with Gasteiger partial charge < -0.3 is 20.3 Å². The maximum absolute atomic E-state index is 14.2. The summed E-state index contributed by atoms with van der Waals surface area (Å²) in [6.45, 7) is 10.4. The highest BCUT2D eigenvalue weighted by Gasteiger charge is 2.48. The van der Waals surface area contributed by atoms with Crippen molar-refractivity contribution < 1.29 is 26.3 Å². The number of rotatable bonds is 15. The van der Waals surface area contributed by atoms with Gasteiger partial charge in [0.05, 0.1) is 23.8 Å². The van der Waals surface area contributed by atoms with Crippen molar-refractivity contribution in [3.63, 3.8) is 0 Å². The number of nitrogens with two attached hydrogens (primary N) is 1. The summed E-state index contributed by atoms with van der Waals surface area (Å²) >= 11 is 10.8. The molecule has 4 aliphatic rings. The number of morpholine rings is 1. The van der Waals surface area contributed by atoms with Gasteiger partial charge in [-0.1, -0.05) is 65.7 Å². The first-order valence-corrected chi connectivity index (χ1v) is 25.0. The molecule has 1 unspecified atom stereocenters. The molecule has 1 aliphatic carbocycles. The van der Waals surface area contributed by atoms with E-state index in [0.717, 1.165) is 92.9 Å². The van der Waals surface area contributed by atoms with Crippen molar-refractivity contribution in [3.05, 3.63) is 124 Å². The van der Waals surface area contributed by atoms with Gasteiger partial charge in [0, 0.05) is 92.8 Å². The lowest BCUT2D eigenvalue weighted by molar-refractivity contribution is -0.0435. The van der Waals surface area contributed by atoms with Gasteiger partial charge in [-0.25, -0.2) is 8.42 Å². The molecule has 16 heteroatoms. The highest BCUT2D eigenvalue weighted by atomic mass is 35.5. The molecule has 0 bridgehead atoms. The number of thioether (sulfide) groups is 1. The number of allylic oxidation sites excluding steroid dienone is 1. The van der Waals surface area contributed by atoms with Gasteiger partial charge in [0.2, 0.25) is 0 Å². The molecule has 63 heavy (non-hydrogen) atoms. The minimum Gasteiger partial charge on any atom is -0.380 e. The summed E-state index contributed by atoms with van der Waals surface area (Å²) in [5.41, 5.74) is 1.69. The number of nitrogens with zero attached hydrogens (tertiary/aromatic N) is 3. The Bertz CT molecular complexity index is 2230. The molecule has 1 atom stereocenters. The summed E-state index contributed by atoms with van der Waals surface area (Å²) < 4.78 is 74.4. The molecule has 3 fully saturated rings. The van der Waals surface area contributed by atoms with Crippen molar-refractivity contribution in [2.24, 2.45) is 10.6 Å². The first-order valence-electron chi connectivity index (χ1n) is 21.6. The summed E-state index contributed by atoms with van der Waals surface area (Å²) in [6, 6.07) is 30.3. The van der Waals surface area contributed by atoms with Crippen LogP contribution < -0.4 is 20.7 Å². The molecule has 8 rings (SSSR count). The van der Waals surface area contributed by atoms with Crippen LogP contribution in [0.1, 0.15) is 42.4 Å². The van der Waals surface area contributed by atoms with Crippen LogP contribution in [0, 0.1) is 5.41 Å². The second-order valence-electron chi connectivity index (χ2n) is 17.0. The molecule has 0 amide bonds. The number of ether oxygens (including phenoxy) is 1. The van der Waals surface area contributed by atoms with Crippen molar-refractivity contribution in [2.45, 2.75) is 53.4 Å². The fraction of sp³-hybridized carbons (Fsp3) is 0.447. The zero-order valence-corrected chi connectivity index (χ0v) is 38.7. The molecule has 1 spiro atoms. The molecule has 4 aromatic rings. The van der Waals surface area contributed by atoms with E-state index in [-0.39, 0.29) is 11.7 Å². The minimum atomic E-state index is -5.65. The van der Waals surface area contributed by atoms with E-state index in [1.807, 2.05) is 54.6 Å². The van der Waals surface area contributed by atoms with Crippen molar-refractivity contribution in [1.82, 2.24) is 15.1 Å². The summed E-state index contributed by atoms with van der Waals surface area (Å²) in [7, 11) is -5.65. The van der Waals surface area contributed by atoms with E-state index in [1.165, 1.54) is 29.7 Å². The van der Waals surface area contributed by atoms with Gasteiger partial charge in [0.1, 0.15) is 0 Å². The molecule has 9 nitrogen and oxygen atoms in total. The van der Waals surface area contributed by atoms with Gasteiger partial charge in [0.25, 0.3) is 9.84 Å². The van der Waals surface area contributed by atoms with Crippen LogP contribution >= 0.6 is 36.2 Å². The van der Waals surface area contributed by atoms with Crippen LogP contribution in [0.4, 0.5) is 24.5 Å². The number of alkyl halides is 3. The van der Waals surface area contributed by atoms with Crippen LogP contribution in [0.2, 0.25) is 5.02 Å². The number of piperazine rings is 1. The molecule has 4 aromatic carbocycles. The maximum atomic E-state index is 14.2. The Morgan fingerprint density at radius 2 is 1.56 bits per heavy atom. The summed E-state index contributed by atoms with van der Waals surface area (Å²) in [4.78, 5) is 7.51. The van der Waals surface area contributed by atoms with Crippen LogP contribution in [-0.2, 0) is 21.0 Å². The standard InChI is InChI=1S/C47H55ClF3N5O3S2.H3NS/c48-39-11-9-37(10-12-39)43-16-18-46(33-52-34-46)30-38(43)31-55-20-22-56(23-21-55)41-13-6-35(7-14-41)28-36-8-15-44(45(29-36)61(57,58)47(49,50)51)53-40(17-19-54-24-26-59-27-25-54)32-60-42-4-2-1-3-5-42;1-2/h1-15,29,40,52-53H,16-28,30-34H2;2H,1H2. The Balaban J connectivity index is 0.00000293. The molecule has 0 radical (unpaired) electrons. The van der Waals surface area contributed by atoms with E-state index in [4.69, 9.17) is 16.3 Å². The van der Waals surface area contributed by atoms with Gasteiger partial charge in [0.15, 0.2) is 0 Å². The molecule has 340 valence electrons. The number of thiol groups is 1. The van der Waals surface area contributed by atoms with Crippen LogP contribution in [0.3, 0.4) is 0 Å². The second-order valence-corrected chi connectivity index (χ2v) is 20.4. The lowest BCUT2D eigenvalue weighted by atomic mass is 9.67. The number of benzene rings is 4. The van der Waals surface area contributed by atoms with E-state index >= 15 is 0 Å². The summed E-state index contributed by atoms with van der Waals surface area (Å²) in [5, 5.41) is 11.7. The highest BCUT2D eigenvalue weighted by Crippen LogP contribution is 2.45. The number of hydrogen-bond donors (Lipinski definition) is 4. The fourth-order valence-corrected chi connectivity index (χ4v) is 11.2. The smallest absolute Gasteiger partial charge is 0.380 e. The maximum Gasteiger partial charge on any atom is 0.501 e. The van der Waals surface area contributed by atoms with E-state index in [0.29, 0.717) is 49.3 Å². The quantitative estimate of drug-likeness (QED) is 0.0685. The number of anilines is 2. The van der Waals surface area contributed by atoms with Gasteiger partial charge in [-0.3, -0.25) is 14.9 Å². The first kappa shape index (κ1) is 47.7. The Morgan fingerprint density at radius 3 is 2.21 bits per heavy atom. The normalized spacial score (nSPS) is 19.0. The second kappa shape index (κ2) is 21.8. The first-order chi connectivity index (χ1) is 30.4. The largest absolute Gasteiger partial charge is 0.501 e. The molecule has 3 saturated heterocycles. The molecule has 0 saturated carbocycles. The van der Waals surface area contributed by atoms with Gasteiger partial charge in [-0.05, 0) is 108 Å². The third kappa shape index (κ3) is 12.4. The van der Waals surface area contributed by atoms with Crippen molar-refractivity contribution in [2.75, 3.05) is 94.6 Å². The lowest BCUT2D eigenvalue weighted by Gasteiger charge is -2.48. The average Bonchev–Trinajstić information content (AvgIpc) is 3.29. The van der Waals surface area contributed by atoms with Crippen molar-refractivity contribution >= 4 is 63.0 Å². The van der Waals surface area contributed by atoms with Crippen LogP contribution in [0.5, 0.6) is 0 Å². The molecule has 3 aliphatic heterocycles. The van der Waals surface area contributed by atoms with Gasteiger partial charge in [-0.15, -0.1) is 24.6 Å². The van der Waals surface area contributed by atoms with E-state index in [1.54, 1.807) is 23.4 Å². The van der Waals surface area contributed by atoms with Crippen LogP contribution in [0.15, 0.2) is 112 Å². The molecule has 3 heterocycles. The van der Waals surface area contributed by atoms with Crippen molar-refractivity contribution in [3.8, 4) is 0 Å². The van der Waals surface area contributed by atoms with E-state index < -0.39 is 20.2 Å². The van der Waals surface area contributed by atoms with E-state index in [9.17, 15) is 21.6 Å². The Morgan fingerprint density at radius 1 is 0.873 bits per heavy atom. The number of hydrogen-bond acceptors (Lipinski definition) is 11. The van der Waals surface area contributed by atoms with E-state index in [2.05, 4.69) is 67.6 Å². The molecular weight excluding hydrogens is 885 g/mol. The third-order valence-electron chi connectivity index (χ3n) is 12.7. The summed E-state index contributed by atoms with van der Waals surface area (Å²) in [6.07, 6.45) is 4.35. The number of sulfone groups is 1. The lowest BCUT2D eigenvalue weighted by Crippen LogP contribution is -2.55. The predicted molar refractivity (Wildman–Crippen MR) is 255 cm³/mol. The topological polar surface area (TPSA) is 103 Å². The Hall–Kier alpha value is -3.25. The van der Waals surface area contributed by atoms with Gasteiger partial charge in [-0.2, -0.15) is 13.2 Å². The molecular formula is C47H58ClF3N6O3S3. The zero-order valence-electron chi connectivity index (χ0n) is 35.5. The SMILES string of the molecule is NS.O=S(=O)(c1cc(Cc2ccc(N3CCN(CC4=C(c5ccc(Cl)cc5)CCC5(CNC5)C4)CC3)cc2)ccc1NC(CCN1CCOCC1)CSc1ccccc1)C(F)(F)F. The third-order valence-corrected chi connectivity index (χ3v) is 15.7. The highest BCUT2D eigenvalue weighted by molar-refractivity contribution is 7.99. The average molecular weight is 944 g/mol. The summed E-state index contributed by atoms with van der Waals surface area (Å²) in [5.74, 6) is 0.547. The monoisotopic (exact) mass is 942 g/mol. The minimum absolute atomic E-state index is 0.0308. The van der Waals surface area contributed by atoms with Crippen molar-refractivity contribution in [1.29, 1.82) is 0 Å². The van der Waals surface area contributed by atoms with Gasteiger partial charge >= 0.3 is 5.51 Å². The Kier molecular flexibility index (Phi) is 16.5. The van der Waals surface area contributed by atoms with Crippen LogP contribution in [0.25, 0.3) is 5.57 Å². The Labute approximate surface area is 385 Å². The molecule has 4 N–H and O–H groups in total. The number of halogens is 4. The van der Waals surface area contributed by atoms with Crippen LogP contribution in [-0.4, -0.2) is 114 Å². The molecule has 0 aromatic heterocycles. The number of nitrogens with one attached hydrogen (secondary N) is 2. The zero-order chi connectivity index (χ0) is 44.5.